The van der Waals surface area contributed by atoms with Crippen LogP contribution in [-0.2, 0) is 4.74 Å². The monoisotopic (exact) mass is 321 g/mol. The Morgan fingerprint density at radius 1 is 1.17 bits per heavy atom. The lowest BCUT2D eigenvalue weighted by atomic mass is 9.67. The molecular weight excluding hydrogens is 301 g/mol. The van der Waals surface area contributed by atoms with Crippen LogP contribution < -0.4 is 0 Å². The van der Waals surface area contributed by atoms with Crippen molar-refractivity contribution < 1.29 is 18.8 Å². The number of hydrogen-bond donors (Lipinski definition) is 0. The van der Waals surface area contributed by atoms with Gasteiger partial charge in [-0.05, 0) is 44.2 Å². The second-order valence-electron chi connectivity index (χ2n) is 6.53. The van der Waals surface area contributed by atoms with E-state index in [1.807, 2.05) is 0 Å². The average Bonchev–Trinajstić information content (AvgIpc) is 2.54. The number of nitro groups is 1. The molecule has 0 spiro atoms. The summed E-state index contributed by atoms with van der Waals surface area (Å²) in [6.45, 7) is 0. The third-order valence-corrected chi connectivity index (χ3v) is 5.12. The number of non-ortho nitro benzene ring substituents is 1. The van der Waals surface area contributed by atoms with E-state index in [1.165, 1.54) is 24.3 Å². The topological polar surface area (TPSA) is 69.4 Å². The lowest BCUT2D eigenvalue weighted by molar-refractivity contribution is -0.384. The van der Waals surface area contributed by atoms with Crippen LogP contribution in [0.5, 0.6) is 0 Å². The number of carbonyl (C=O) groups excluding carboxylic acids is 1. The zero-order valence-corrected chi connectivity index (χ0v) is 12.9. The molecule has 1 aromatic rings. The molecule has 6 heteroatoms. The molecule has 23 heavy (non-hydrogen) atoms. The van der Waals surface area contributed by atoms with E-state index in [9.17, 15) is 19.3 Å². The van der Waals surface area contributed by atoms with Gasteiger partial charge in [-0.15, -0.1) is 0 Å². The summed E-state index contributed by atoms with van der Waals surface area (Å²) in [5, 5.41) is 10.6. The van der Waals surface area contributed by atoms with Crippen LogP contribution in [-0.4, -0.2) is 22.7 Å². The van der Waals surface area contributed by atoms with Crippen LogP contribution in [0.4, 0.5) is 10.1 Å². The van der Waals surface area contributed by atoms with Crippen molar-refractivity contribution in [3.8, 4) is 0 Å². The molecule has 0 amide bonds. The summed E-state index contributed by atoms with van der Waals surface area (Å²) in [5.74, 6) is -0.744. The molecule has 0 aromatic heterocycles. The van der Waals surface area contributed by atoms with Crippen LogP contribution >= 0.6 is 0 Å². The van der Waals surface area contributed by atoms with Gasteiger partial charge in [0.15, 0.2) is 0 Å². The second-order valence-corrected chi connectivity index (χ2v) is 6.53. The predicted octanol–water partition coefficient (Wildman–Crippen LogP) is 4.20. The number of halogens is 1. The summed E-state index contributed by atoms with van der Waals surface area (Å²) in [4.78, 5) is 22.4. The van der Waals surface area contributed by atoms with Crippen molar-refractivity contribution in [1.29, 1.82) is 0 Å². The molecule has 0 aliphatic heterocycles. The van der Waals surface area contributed by atoms with Crippen LogP contribution in [0.25, 0.3) is 0 Å². The van der Waals surface area contributed by atoms with Crippen LogP contribution in [0.2, 0.25) is 0 Å². The standard InChI is InChI=1S/C17H20FNO4/c18-17-10-2-1-4-14(17)15(5-3-11-17)23-16(20)12-6-8-13(9-7-12)19(21)22/h6-9,14-15H,1-5,10-11H2/t14?,15-,17-/m0/s1. The number of ether oxygens (including phenoxy) is 1. The lowest BCUT2D eigenvalue weighted by Gasteiger charge is -2.45. The van der Waals surface area contributed by atoms with Gasteiger partial charge >= 0.3 is 5.97 Å². The number of nitrogens with zero attached hydrogens (tertiary/aromatic N) is 1. The molecule has 2 fully saturated rings. The second kappa shape index (κ2) is 6.26. The van der Waals surface area contributed by atoms with Crippen molar-refractivity contribution in [1.82, 2.24) is 0 Å². The number of benzene rings is 1. The van der Waals surface area contributed by atoms with Crippen LogP contribution in [0, 0.1) is 16.0 Å². The van der Waals surface area contributed by atoms with E-state index in [1.54, 1.807) is 0 Å². The number of nitro benzene ring substituents is 1. The van der Waals surface area contributed by atoms with Crippen molar-refractivity contribution in [3.05, 3.63) is 39.9 Å². The maximum absolute atomic E-state index is 15.0. The summed E-state index contributed by atoms with van der Waals surface area (Å²) in [6.07, 6.45) is 4.77. The fourth-order valence-electron chi connectivity index (χ4n) is 3.92. The molecular formula is C17H20FNO4. The Bertz CT molecular complexity index is 599. The molecule has 0 N–H and O–H groups in total. The molecule has 3 atom stereocenters. The van der Waals surface area contributed by atoms with Gasteiger partial charge in [-0.3, -0.25) is 10.1 Å². The minimum atomic E-state index is -1.20. The minimum absolute atomic E-state index is 0.0747. The highest BCUT2D eigenvalue weighted by atomic mass is 19.1. The van der Waals surface area contributed by atoms with Crippen LogP contribution in [0.1, 0.15) is 55.3 Å². The molecule has 3 rings (SSSR count). The third kappa shape index (κ3) is 3.21. The van der Waals surface area contributed by atoms with E-state index in [-0.39, 0.29) is 17.2 Å². The Kier molecular flexibility index (Phi) is 4.33. The van der Waals surface area contributed by atoms with Gasteiger partial charge in [0, 0.05) is 18.1 Å². The summed E-state index contributed by atoms with van der Waals surface area (Å²) in [6, 6.07) is 5.31. The average molecular weight is 321 g/mol. The molecule has 5 nitrogen and oxygen atoms in total. The Balaban J connectivity index is 1.70. The van der Waals surface area contributed by atoms with Gasteiger partial charge in [0.25, 0.3) is 5.69 Å². The van der Waals surface area contributed by atoms with E-state index >= 15 is 0 Å². The van der Waals surface area contributed by atoms with Crippen molar-refractivity contribution in [3.63, 3.8) is 0 Å². The van der Waals surface area contributed by atoms with Gasteiger partial charge in [-0.25, -0.2) is 9.18 Å². The largest absolute Gasteiger partial charge is 0.458 e. The highest BCUT2D eigenvalue weighted by molar-refractivity contribution is 5.89. The predicted molar refractivity (Wildman–Crippen MR) is 81.9 cm³/mol. The number of hydrogen-bond acceptors (Lipinski definition) is 4. The highest BCUT2D eigenvalue weighted by Crippen LogP contribution is 2.47. The van der Waals surface area contributed by atoms with E-state index in [0.29, 0.717) is 19.3 Å². The number of esters is 1. The van der Waals surface area contributed by atoms with Crippen LogP contribution in [0.15, 0.2) is 24.3 Å². The molecule has 0 radical (unpaired) electrons. The van der Waals surface area contributed by atoms with Gasteiger partial charge in [-0.2, -0.15) is 0 Å². The van der Waals surface area contributed by atoms with Crippen molar-refractivity contribution in [2.24, 2.45) is 5.92 Å². The number of rotatable bonds is 3. The first-order chi connectivity index (χ1) is 11.0. The van der Waals surface area contributed by atoms with Gasteiger partial charge < -0.3 is 4.74 Å². The Hall–Kier alpha value is -1.98. The molecule has 124 valence electrons. The summed E-state index contributed by atoms with van der Waals surface area (Å²) in [7, 11) is 0. The fraction of sp³-hybridized carbons (Fsp3) is 0.588. The maximum atomic E-state index is 15.0. The van der Waals surface area contributed by atoms with Gasteiger partial charge in [0.1, 0.15) is 11.8 Å². The minimum Gasteiger partial charge on any atom is -0.458 e. The Labute approximate surface area is 134 Å². The van der Waals surface area contributed by atoms with E-state index in [0.717, 1.165) is 25.7 Å². The zero-order valence-electron chi connectivity index (χ0n) is 12.9. The maximum Gasteiger partial charge on any atom is 0.338 e. The normalized spacial score (nSPS) is 30.3. The molecule has 0 saturated heterocycles. The smallest absolute Gasteiger partial charge is 0.338 e. The molecule has 2 aliphatic carbocycles. The molecule has 1 unspecified atom stereocenters. The SMILES string of the molecule is O=C(O[C@H]1CCC[C@@]2(F)CCCCC12)c1ccc([N+](=O)[O-])cc1. The van der Waals surface area contributed by atoms with Crippen molar-refractivity contribution in [2.45, 2.75) is 56.7 Å². The van der Waals surface area contributed by atoms with Crippen molar-refractivity contribution in [2.75, 3.05) is 0 Å². The van der Waals surface area contributed by atoms with E-state index < -0.39 is 22.7 Å². The van der Waals surface area contributed by atoms with E-state index in [4.69, 9.17) is 4.74 Å². The number of alkyl halides is 1. The Morgan fingerprint density at radius 2 is 1.87 bits per heavy atom. The first-order valence-corrected chi connectivity index (χ1v) is 8.14. The first-order valence-electron chi connectivity index (χ1n) is 8.14. The van der Waals surface area contributed by atoms with Crippen LogP contribution in [0.3, 0.4) is 0 Å². The molecule has 2 aliphatic rings. The quantitative estimate of drug-likeness (QED) is 0.475. The number of fused-ring (bicyclic) bond motifs is 1. The molecule has 1 aromatic carbocycles. The molecule has 0 bridgehead atoms. The molecule has 2 saturated carbocycles. The van der Waals surface area contributed by atoms with Gasteiger partial charge in [0.2, 0.25) is 0 Å². The summed E-state index contributed by atoms with van der Waals surface area (Å²) >= 11 is 0. The van der Waals surface area contributed by atoms with E-state index in [2.05, 4.69) is 0 Å². The number of carbonyl (C=O) groups is 1. The fourth-order valence-corrected chi connectivity index (χ4v) is 3.92. The van der Waals surface area contributed by atoms with Gasteiger partial charge in [0.05, 0.1) is 10.5 Å². The zero-order chi connectivity index (χ0) is 16.4. The Morgan fingerprint density at radius 3 is 2.57 bits per heavy atom. The van der Waals surface area contributed by atoms with Crippen molar-refractivity contribution >= 4 is 11.7 Å². The van der Waals surface area contributed by atoms with Gasteiger partial charge in [-0.1, -0.05) is 12.8 Å². The highest BCUT2D eigenvalue weighted by Gasteiger charge is 2.48. The molecule has 0 heterocycles. The third-order valence-electron chi connectivity index (χ3n) is 5.12. The summed E-state index contributed by atoms with van der Waals surface area (Å²) in [5.41, 5.74) is -1.01. The first kappa shape index (κ1) is 15.9. The summed E-state index contributed by atoms with van der Waals surface area (Å²) < 4.78 is 20.6. The lowest BCUT2D eigenvalue weighted by Crippen LogP contribution is -2.48.